The highest BCUT2D eigenvalue weighted by Crippen LogP contribution is 2.26. The third kappa shape index (κ3) is 3.41. The number of rotatable bonds is 4. The Kier molecular flexibility index (Phi) is 6.08. The number of nitrogens with zero attached hydrogens (tertiary/aromatic N) is 1. The molecule has 4 nitrogen and oxygen atoms in total. The molecule has 0 unspecified atom stereocenters. The van der Waals surface area contributed by atoms with E-state index in [0.717, 1.165) is 16.3 Å². The van der Waals surface area contributed by atoms with Crippen molar-refractivity contribution in [3.8, 4) is 0 Å². The Morgan fingerprint density at radius 2 is 1.73 bits per heavy atom. The highest BCUT2D eigenvalue weighted by Gasteiger charge is 2.16. The summed E-state index contributed by atoms with van der Waals surface area (Å²) in [6.45, 7) is 6.00. The van der Waals surface area contributed by atoms with Gasteiger partial charge < -0.3 is 16.0 Å². The highest BCUT2D eigenvalue weighted by molar-refractivity contribution is 6.20. The number of hydrogen-bond donors (Lipinski definition) is 2. The molecule has 0 fully saturated rings. The van der Waals surface area contributed by atoms with E-state index in [1.165, 1.54) is 6.21 Å². The van der Waals surface area contributed by atoms with Gasteiger partial charge >= 0.3 is 0 Å². The predicted molar refractivity (Wildman–Crippen MR) is 93.8 cm³/mol. The Labute approximate surface area is 131 Å². The van der Waals surface area contributed by atoms with Crippen molar-refractivity contribution in [3.05, 3.63) is 66.9 Å². The lowest BCUT2D eigenvalue weighted by Gasteiger charge is -2.18. The number of hydrogen-bond acceptors (Lipinski definition) is 3. The van der Waals surface area contributed by atoms with Gasteiger partial charge in [-0.1, -0.05) is 42.5 Å². The van der Waals surface area contributed by atoms with E-state index in [0.29, 0.717) is 11.3 Å². The van der Waals surface area contributed by atoms with Crippen LogP contribution < -0.4 is 5.73 Å². The minimum Gasteiger partial charge on any atom is -0.373 e. The number of nitrogens with two attached hydrogens (primary N) is 1. The van der Waals surface area contributed by atoms with Crippen molar-refractivity contribution in [1.29, 1.82) is 5.41 Å². The van der Waals surface area contributed by atoms with E-state index in [2.05, 4.69) is 13.2 Å². The summed E-state index contributed by atoms with van der Waals surface area (Å²) in [5.74, 6) is -0.540. The first-order valence-electron chi connectivity index (χ1n) is 6.76. The molecule has 2 rings (SSSR count). The van der Waals surface area contributed by atoms with Gasteiger partial charge in [-0.3, -0.25) is 4.79 Å². The first-order chi connectivity index (χ1) is 10.6. The monoisotopic (exact) mass is 295 g/mol. The molecule has 1 amide bonds. The van der Waals surface area contributed by atoms with Crippen molar-refractivity contribution >= 4 is 28.5 Å². The molecule has 0 bridgehead atoms. The topological polar surface area (TPSA) is 70.2 Å². The summed E-state index contributed by atoms with van der Waals surface area (Å²) in [5.41, 5.74) is 7.14. The van der Waals surface area contributed by atoms with Gasteiger partial charge in [0.2, 0.25) is 0 Å². The Morgan fingerprint density at radius 3 is 2.27 bits per heavy atom. The smallest absolute Gasteiger partial charge is 0.265 e. The first kappa shape index (κ1) is 17.2. The van der Waals surface area contributed by atoms with Gasteiger partial charge in [0, 0.05) is 25.9 Å². The fourth-order valence-corrected chi connectivity index (χ4v) is 2.33. The lowest BCUT2D eigenvalue weighted by atomic mass is 9.97. The summed E-state index contributed by atoms with van der Waals surface area (Å²) < 4.78 is 0. The second kappa shape index (κ2) is 7.78. The lowest BCUT2D eigenvalue weighted by molar-refractivity contribution is -0.115. The van der Waals surface area contributed by atoms with E-state index in [1.54, 1.807) is 19.0 Å². The average molecular weight is 295 g/mol. The van der Waals surface area contributed by atoms with E-state index >= 15 is 0 Å². The molecule has 0 radical (unpaired) electrons. The molecule has 0 saturated heterocycles. The number of nitrogens with one attached hydrogen (secondary N) is 1. The summed E-state index contributed by atoms with van der Waals surface area (Å²) in [6.07, 6.45) is 1.18. The van der Waals surface area contributed by atoms with Gasteiger partial charge in [0.1, 0.15) is 5.70 Å². The normalized spacial score (nSPS) is 11.0. The van der Waals surface area contributed by atoms with Crippen molar-refractivity contribution in [2.24, 2.45) is 5.73 Å². The maximum Gasteiger partial charge on any atom is 0.265 e. The fourth-order valence-electron chi connectivity index (χ4n) is 2.33. The van der Waals surface area contributed by atoms with Crippen molar-refractivity contribution in [2.75, 3.05) is 14.1 Å². The number of fused-ring (bicyclic) bond motifs is 1. The van der Waals surface area contributed by atoms with Crippen molar-refractivity contribution in [1.82, 2.24) is 4.90 Å². The molecule has 22 heavy (non-hydrogen) atoms. The number of amides is 1. The predicted octanol–water partition coefficient (Wildman–Crippen LogP) is 3.05. The summed E-state index contributed by atoms with van der Waals surface area (Å²) in [5, 5.41) is 9.73. The highest BCUT2D eigenvalue weighted by atomic mass is 16.1. The summed E-state index contributed by atoms with van der Waals surface area (Å²) in [4.78, 5) is 13.3. The van der Waals surface area contributed by atoms with Crippen LogP contribution in [-0.4, -0.2) is 31.1 Å². The third-order valence-electron chi connectivity index (χ3n) is 3.16. The standard InChI is InChI=1S/C16H17N3O.C2H4/c1-19(2)15(16(18)20)14(10-17)13-9-5-7-11-6-3-4-8-12(11)13;1-2/h3-10,17H,1-2H3,(H2,18,20);1-2H2/b15-14-,17-10?;. The molecule has 2 aromatic carbocycles. The molecular weight excluding hydrogens is 274 g/mol. The summed E-state index contributed by atoms with van der Waals surface area (Å²) in [7, 11) is 3.49. The number of likely N-dealkylation sites (N-methyl/N-ethyl adjacent to an activating group) is 1. The molecule has 2 aromatic rings. The van der Waals surface area contributed by atoms with Gasteiger partial charge in [-0.25, -0.2) is 0 Å². The van der Waals surface area contributed by atoms with Crippen LogP contribution in [0.5, 0.6) is 0 Å². The van der Waals surface area contributed by atoms with E-state index in [1.807, 2.05) is 42.5 Å². The van der Waals surface area contributed by atoms with Gasteiger partial charge in [-0.2, -0.15) is 0 Å². The first-order valence-corrected chi connectivity index (χ1v) is 6.76. The van der Waals surface area contributed by atoms with Gasteiger partial charge in [0.05, 0.1) is 0 Å². The minimum absolute atomic E-state index is 0.330. The SMILES string of the molecule is C=C.CN(C)/C(C(N)=O)=C(/C=N)c1cccc2ccccc12. The van der Waals surface area contributed by atoms with Crippen LogP contribution in [0.4, 0.5) is 0 Å². The van der Waals surface area contributed by atoms with Crippen LogP contribution in [0.25, 0.3) is 16.3 Å². The molecule has 0 atom stereocenters. The fraction of sp³-hybridized carbons (Fsp3) is 0.111. The second-order valence-corrected chi connectivity index (χ2v) is 4.69. The number of primary amides is 1. The lowest BCUT2D eigenvalue weighted by Crippen LogP contribution is -2.27. The van der Waals surface area contributed by atoms with Crippen LogP contribution in [-0.2, 0) is 4.79 Å². The Balaban J connectivity index is 0.00000116. The molecule has 0 saturated carbocycles. The van der Waals surface area contributed by atoms with Gasteiger partial charge in [0.15, 0.2) is 0 Å². The zero-order valence-corrected chi connectivity index (χ0v) is 13.0. The van der Waals surface area contributed by atoms with Crippen LogP contribution >= 0.6 is 0 Å². The molecule has 4 heteroatoms. The number of carbonyl (C=O) groups excluding carboxylic acids is 1. The maximum absolute atomic E-state index is 11.7. The number of allylic oxidation sites excluding steroid dienone is 1. The Hall–Kier alpha value is -2.88. The Bertz CT molecular complexity index is 712. The van der Waals surface area contributed by atoms with Gasteiger partial charge in [-0.05, 0) is 16.3 Å². The van der Waals surface area contributed by atoms with Crippen LogP contribution in [0.1, 0.15) is 5.56 Å². The second-order valence-electron chi connectivity index (χ2n) is 4.69. The molecule has 0 aliphatic heterocycles. The van der Waals surface area contributed by atoms with Crippen LogP contribution in [0.15, 0.2) is 61.3 Å². The van der Waals surface area contributed by atoms with E-state index in [9.17, 15) is 4.79 Å². The van der Waals surface area contributed by atoms with Crippen molar-refractivity contribution in [2.45, 2.75) is 0 Å². The molecule has 114 valence electrons. The number of benzene rings is 2. The third-order valence-corrected chi connectivity index (χ3v) is 3.16. The maximum atomic E-state index is 11.7. The molecule has 0 aliphatic rings. The largest absolute Gasteiger partial charge is 0.373 e. The zero-order chi connectivity index (χ0) is 16.7. The van der Waals surface area contributed by atoms with Crippen molar-refractivity contribution in [3.63, 3.8) is 0 Å². The molecule has 0 heterocycles. The van der Waals surface area contributed by atoms with Gasteiger partial charge in [0.25, 0.3) is 5.91 Å². The Morgan fingerprint density at radius 1 is 1.14 bits per heavy atom. The molecule has 0 aliphatic carbocycles. The molecule has 3 N–H and O–H groups in total. The van der Waals surface area contributed by atoms with Crippen LogP contribution in [0.3, 0.4) is 0 Å². The quantitative estimate of drug-likeness (QED) is 0.517. The molecule has 0 spiro atoms. The minimum atomic E-state index is -0.540. The van der Waals surface area contributed by atoms with E-state index in [4.69, 9.17) is 11.1 Å². The van der Waals surface area contributed by atoms with E-state index < -0.39 is 5.91 Å². The average Bonchev–Trinajstić information content (AvgIpc) is 2.53. The zero-order valence-electron chi connectivity index (χ0n) is 13.0. The molecule has 0 aromatic heterocycles. The summed E-state index contributed by atoms with van der Waals surface area (Å²) >= 11 is 0. The van der Waals surface area contributed by atoms with Crippen LogP contribution in [0, 0.1) is 5.41 Å². The summed E-state index contributed by atoms with van der Waals surface area (Å²) in [6, 6.07) is 13.7. The van der Waals surface area contributed by atoms with Crippen LogP contribution in [0.2, 0.25) is 0 Å². The van der Waals surface area contributed by atoms with Crippen molar-refractivity contribution < 1.29 is 4.79 Å². The van der Waals surface area contributed by atoms with Gasteiger partial charge in [-0.15, -0.1) is 13.2 Å². The number of carbonyl (C=O) groups is 1. The molecular formula is C18H21N3O. The van der Waals surface area contributed by atoms with E-state index in [-0.39, 0.29) is 0 Å².